The number of rotatable bonds is 6. The Morgan fingerprint density at radius 2 is 1.71 bits per heavy atom. The largest absolute Gasteiger partial charge is 0.318 e. The van der Waals surface area contributed by atoms with E-state index in [1.54, 1.807) is 4.90 Å². The molecule has 6 heteroatoms. The third-order valence-corrected chi connectivity index (χ3v) is 6.50. The maximum absolute atomic E-state index is 13.4. The molecule has 1 fully saturated rings. The molecule has 0 saturated carbocycles. The van der Waals surface area contributed by atoms with Gasteiger partial charge in [-0.15, -0.1) is 0 Å². The van der Waals surface area contributed by atoms with E-state index in [0.717, 1.165) is 33.8 Å². The molecule has 2 heterocycles. The summed E-state index contributed by atoms with van der Waals surface area (Å²) in [6.07, 6.45) is 0.377. The number of fused-ring (bicyclic) bond motifs is 1. The fourth-order valence-electron chi connectivity index (χ4n) is 4.76. The molecule has 6 nitrogen and oxygen atoms in total. The van der Waals surface area contributed by atoms with Gasteiger partial charge in [-0.25, -0.2) is 4.98 Å². The topological polar surface area (TPSA) is 58.4 Å². The zero-order chi connectivity index (χ0) is 23.7. The summed E-state index contributed by atoms with van der Waals surface area (Å²) in [4.78, 5) is 34.9. The Morgan fingerprint density at radius 1 is 1.00 bits per heavy atom. The molecule has 1 atom stereocenters. The van der Waals surface area contributed by atoms with Gasteiger partial charge in [0, 0.05) is 36.8 Å². The van der Waals surface area contributed by atoms with Crippen LogP contribution >= 0.6 is 0 Å². The van der Waals surface area contributed by atoms with Crippen molar-refractivity contribution in [1.29, 1.82) is 0 Å². The predicted molar refractivity (Wildman–Crippen MR) is 135 cm³/mol. The van der Waals surface area contributed by atoms with Gasteiger partial charge in [0.1, 0.15) is 12.4 Å². The smallest absolute Gasteiger partial charge is 0.246 e. The number of carbonyl (C=O) groups excluding carboxylic acids is 2. The second-order valence-corrected chi connectivity index (χ2v) is 8.76. The quantitative estimate of drug-likeness (QED) is 0.417. The van der Waals surface area contributed by atoms with E-state index in [2.05, 4.69) is 0 Å². The minimum atomic E-state index is -0.0826. The van der Waals surface area contributed by atoms with Crippen LogP contribution in [0.25, 0.3) is 11.0 Å². The molecule has 0 bridgehead atoms. The van der Waals surface area contributed by atoms with Crippen molar-refractivity contribution in [2.24, 2.45) is 0 Å². The molecule has 5 rings (SSSR count). The van der Waals surface area contributed by atoms with E-state index < -0.39 is 0 Å². The lowest BCUT2D eigenvalue weighted by atomic mass is 10.1. The number of amides is 2. The first-order chi connectivity index (χ1) is 16.5. The highest BCUT2D eigenvalue weighted by atomic mass is 16.2. The van der Waals surface area contributed by atoms with Gasteiger partial charge in [0.2, 0.25) is 11.8 Å². The lowest BCUT2D eigenvalue weighted by molar-refractivity contribution is -0.119. The fourth-order valence-corrected chi connectivity index (χ4v) is 4.76. The molecule has 0 aliphatic carbocycles. The first-order valence-electron chi connectivity index (χ1n) is 11.7. The number of likely N-dealkylation sites (N-methyl/N-ethyl adjacent to an activating group) is 1. The molecule has 1 aliphatic heterocycles. The van der Waals surface area contributed by atoms with Crippen molar-refractivity contribution < 1.29 is 9.59 Å². The van der Waals surface area contributed by atoms with Crippen molar-refractivity contribution in [3.05, 3.63) is 90.3 Å². The summed E-state index contributed by atoms with van der Waals surface area (Å²) in [6, 6.07) is 25.6. The molecule has 0 N–H and O–H groups in total. The Balaban J connectivity index is 1.47. The highest BCUT2D eigenvalue weighted by Gasteiger charge is 2.35. The van der Waals surface area contributed by atoms with Crippen LogP contribution in [0.1, 0.15) is 30.7 Å². The third-order valence-electron chi connectivity index (χ3n) is 6.50. The molecule has 1 aromatic heterocycles. The Hall–Kier alpha value is -3.93. The molecular formula is C28H28N4O2. The highest BCUT2D eigenvalue weighted by molar-refractivity contribution is 5.97. The van der Waals surface area contributed by atoms with Crippen LogP contribution in [0, 0.1) is 6.92 Å². The molecule has 3 aromatic carbocycles. The fraction of sp³-hybridized carbons (Fsp3) is 0.250. The predicted octanol–water partition coefficient (Wildman–Crippen LogP) is 4.92. The van der Waals surface area contributed by atoms with Crippen molar-refractivity contribution in [2.45, 2.75) is 32.7 Å². The van der Waals surface area contributed by atoms with Gasteiger partial charge in [0.25, 0.3) is 0 Å². The molecule has 0 unspecified atom stereocenters. The molecule has 2 amide bonds. The zero-order valence-electron chi connectivity index (χ0n) is 19.5. The minimum Gasteiger partial charge on any atom is -0.318 e. The van der Waals surface area contributed by atoms with Crippen LogP contribution in [0.5, 0.6) is 0 Å². The van der Waals surface area contributed by atoms with Gasteiger partial charge in [-0.05, 0) is 50.2 Å². The molecule has 1 aliphatic rings. The van der Waals surface area contributed by atoms with E-state index in [-0.39, 0.29) is 24.3 Å². The van der Waals surface area contributed by atoms with Crippen LogP contribution in [-0.4, -0.2) is 34.5 Å². The Morgan fingerprint density at radius 3 is 2.44 bits per heavy atom. The van der Waals surface area contributed by atoms with Gasteiger partial charge in [0.05, 0.1) is 11.0 Å². The number of benzene rings is 3. The summed E-state index contributed by atoms with van der Waals surface area (Å²) >= 11 is 0. The van der Waals surface area contributed by atoms with Gasteiger partial charge in [0.15, 0.2) is 0 Å². The Bertz CT molecular complexity index is 1330. The van der Waals surface area contributed by atoms with E-state index >= 15 is 0 Å². The molecule has 172 valence electrons. The summed E-state index contributed by atoms with van der Waals surface area (Å²) in [6.45, 7) is 5.32. The van der Waals surface area contributed by atoms with Crippen molar-refractivity contribution in [3.8, 4) is 0 Å². The van der Waals surface area contributed by atoms with Crippen molar-refractivity contribution in [1.82, 2.24) is 9.55 Å². The number of aryl methyl sites for hydroxylation is 1. The van der Waals surface area contributed by atoms with Crippen molar-refractivity contribution in [3.63, 3.8) is 0 Å². The zero-order valence-corrected chi connectivity index (χ0v) is 19.5. The Labute approximate surface area is 199 Å². The first-order valence-corrected chi connectivity index (χ1v) is 11.7. The number of hydrogen-bond acceptors (Lipinski definition) is 3. The van der Waals surface area contributed by atoms with Gasteiger partial charge < -0.3 is 14.4 Å². The average molecular weight is 453 g/mol. The van der Waals surface area contributed by atoms with Crippen LogP contribution in [0.2, 0.25) is 0 Å². The van der Waals surface area contributed by atoms with E-state index in [1.165, 1.54) is 0 Å². The van der Waals surface area contributed by atoms with Crippen molar-refractivity contribution >= 4 is 34.2 Å². The number of imidazole rings is 1. The molecule has 0 radical (unpaired) electrons. The van der Waals surface area contributed by atoms with Gasteiger partial charge in [-0.1, -0.05) is 48.0 Å². The lowest BCUT2D eigenvalue weighted by Crippen LogP contribution is -2.34. The average Bonchev–Trinajstić information content (AvgIpc) is 3.41. The maximum Gasteiger partial charge on any atom is 0.246 e. The minimum absolute atomic E-state index is 0.00202. The van der Waals surface area contributed by atoms with E-state index in [9.17, 15) is 9.59 Å². The summed E-state index contributed by atoms with van der Waals surface area (Å²) in [5.74, 6) is 0.790. The molecule has 4 aromatic rings. The van der Waals surface area contributed by atoms with E-state index in [1.807, 2.05) is 102 Å². The Kier molecular flexibility index (Phi) is 5.88. The summed E-state index contributed by atoms with van der Waals surface area (Å²) < 4.78 is 2.00. The SMILES string of the molecule is CCN(C(=O)Cn1c([C@@H]2CC(=O)N(c3ccc(C)cc3)C2)nc2ccccc21)c1ccccc1. The summed E-state index contributed by atoms with van der Waals surface area (Å²) in [5, 5.41) is 0. The highest BCUT2D eigenvalue weighted by Crippen LogP contribution is 2.33. The number of nitrogens with zero attached hydrogens (tertiary/aromatic N) is 4. The van der Waals surface area contributed by atoms with Gasteiger partial charge >= 0.3 is 0 Å². The van der Waals surface area contributed by atoms with Crippen LogP contribution < -0.4 is 9.80 Å². The molecular weight excluding hydrogens is 424 g/mol. The molecule has 0 spiro atoms. The van der Waals surface area contributed by atoms with E-state index in [0.29, 0.717) is 19.5 Å². The second-order valence-electron chi connectivity index (χ2n) is 8.76. The van der Waals surface area contributed by atoms with Crippen LogP contribution in [0.15, 0.2) is 78.9 Å². The van der Waals surface area contributed by atoms with Gasteiger partial charge in [-0.3, -0.25) is 9.59 Å². The molecule has 34 heavy (non-hydrogen) atoms. The second kappa shape index (κ2) is 9.14. The number of para-hydroxylation sites is 3. The lowest BCUT2D eigenvalue weighted by Gasteiger charge is -2.23. The first kappa shape index (κ1) is 21.9. The molecule has 1 saturated heterocycles. The third kappa shape index (κ3) is 4.07. The number of anilines is 2. The number of hydrogen-bond donors (Lipinski definition) is 0. The number of carbonyl (C=O) groups is 2. The van der Waals surface area contributed by atoms with E-state index in [4.69, 9.17) is 4.98 Å². The normalized spacial score (nSPS) is 15.8. The van der Waals surface area contributed by atoms with Crippen molar-refractivity contribution in [2.75, 3.05) is 22.9 Å². The monoisotopic (exact) mass is 452 g/mol. The summed E-state index contributed by atoms with van der Waals surface area (Å²) in [7, 11) is 0. The van der Waals surface area contributed by atoms with Gasteiger partial charge in [-0.2, -0.15) is 0 Å². The maximum atomic E-state index is 13.4. The summed E-state index contributed by atoms with van der Waals surface area (Å²) in [5.41, 5.74) is 4.69. The standard InChI is InChI=1S/C28H28N4O2/c1-3-30(22-9-5-4-6-10-22)27(34)19-32-25-12-8-7-11-24(25)29-28(32)21-17-26(33)31(18-21)23-15-13-20(2)14-16-23/h4-16,21H,3,17-19H2,1-2H3/t21-/m1/s1. The van der Waals surface area contributed by atoms with Crippen LogP contribution in [0.4, 0.5) is 11.4 Å². The number of aromatic nitrogens is 2. The van der Waals surface area contributed by atoms with Crippen LogP contribution in [-0.2, 0) is 16.1 Å². The van der Waals surface area contributed by atoms with Crippen LogP contribution in [0.3, 0.4) is 0 Å².